The number of rotatable bonds is 4. The van der Waals surface area contributed by atoms with Gasteiger partial charge < -0.3 is 21.1 Å². The number of nitrogens with zero attached hydrogens (tertiary/aromatic N) is 4. The maximum Gasteiger partial charge on any atom is 0.230 e. The van der Waals surface area contributed by atoms with E-state index in [1.54, 1.807) is 11.0 Å². The van der Waals surface area contributed by atoms with Crippen molar-refractivity contribution in [3.05, 3.63) is 29.6 Å². The van der Waals surface area contributed by atoms with Crippen LogP contribution in [0.15, 0.2) is 18.2 Å². The Morgan fingerprint density at radius 3 is 2.55 bits per heavy atom. The second kappa shape index (κ2) is 5.60. The topological polar surface area (TPSA) is 103 Å². The molecule has 2 aromatic rings. The summed E-state index contributed by atoms with van der Waals surface area (Å²) in [6.07, 6.45) is 0. The molecule has 0 aliphatic rings. The van der Waals surface area contributed by atoms with Crippen LogP contribution < -0.4 is 21.1 Å². The van der Waals surface area contributed by atoms with Crippen LogP contribution in [0.3, 0.4) is 0 Å². The van der Waals surface area contributed by atoms with Gasteiger partial charge in [-0.25, -0.2) is 0 Å². The third-order valence-electron chi connectivity index (χ3n) is 2.64. The van der Waals surface area contributed by atoms with Crippen molar-refractivity contribution >= 4 is 17.6 Å². The van der Waals surface area contributed by atoms with Gasteiger partial charge in [0.05, 0.1) is 0 Å². The fourth-order valence-corrected chi connectivity index (χ4v) is 1.67. The Morgan fingerprint density at radius 1 is 1.15 bits per heavy atom. The number of aryl methyl sites for hydroxylation is 1. The SMILES string of the molecule is Cc1cc(N)ccc1OCc1nc(N)nc(N(C)C)n1. The first-order chi connectivity index (χ1) is 9.45. The summed E-state index contributed by atoms with van der Waals surface area (Å²) < 4.78 is 5.69. The minimum absolute atomic E-state index is 0.177. The molecule has 0 fully saturated rings. The molecule has 106 valence electrons. The van der Waals surface area contributed by atoms with Crippen molar-refractivity contribution in [2.75, 3.05) is 30.5 Å². The molecule has 2 rings (SSSR count). The highest BCUT2D eigenvalue weighted by molar-refractivity contribution is 5.47. The summed E-state index contributed by atoms with van der Waals surface area (Å²) in [5.41, 5.74) is 13.0. The van der Waals surface area contributed by atoms with Crippen molar-refractivity contribution in [3.63, 3.8) is 0 Å². The molecule has 0 aliphatic heterocycles. The van der Waals surface area contributed by atoms with E-state index in [1.807, 2.05) is 33.2 Å². The molecule has 1 heterocycles. The van der Waals surface area contributed by atoms with Gasteiger partial charge in [0, 0.05) is 19.8 Å². The summed E-state index contributed by atoms with van der Waals surface area (Å²) in [6, 6.07) is 5.46. The van der Waals surface area contributed by atoms with Crippen molar-refractivity contribution < 1.29 is 4.74 Å². The molecule has 0 saturated carbocycles. The van der Waals surface area contributed by atoms with Crippen LogP contribution in [-0.4, -0.2) is 29.0 Å². The molecule has 0 unspecified atom stereocenters. The second-order valence-corrected chi connectivity index (χ2v) is 4.62. The highest BCUT2D eigenvalue weighted by Gasteiger charge is 2.08. The van der Waals surface area contributed by atoms with Crippen molar-refractivity contribution in [2.24, 2.45) is 0 Å². The van der Waals surface area contributed by atoms with E-state index in [1.165, 1.54) is 0 Å². The van der Waals surface area contributed by atoms with Crippen molar-refractivity contribution in [1.82, 2.24) is 15.0 Å². The van der Waals surface area contributed by atoms with E-state index in [-0.39, 0.29) is 12.6 Å². The van der Waals surface area contributed by atoms with Crippen molar-refractivity contribution in [2.45, 2.75) is 13.5 Å². The molecule has 0 bridgehead atoms. The summed E-state index contributed by atoms with van der Waals surface area (Å²) >= 11 is 0. The Hall–Kier alpha value is -2.57. The molecular weight excluding hydrogens is 256 g/mol. The number of hydrogen-bond acceptors (Lipinski definition) is 7. The number of anilines is 3. The highest BCUT2D eigenvalue weighted by atomic mass is 16.5. The van der Waals surface area contributed by atoms with Gasteiger partial charge in [-0.15, -0.1) is 0 Å². The van der Waals surface area contributed by atoms with Gasteiger partial charge >= 0.3 is 0 Å². The van der Waals surface area contributed by atoms with Gasteiger partial charge in [0.2, 0.25) is 11.9 Å². The standard InChI is InChI=1S/C13H18N6O/c1-8-6-9(14)4-5-10(8)20-7-11-16-12(15)18-13(17-11)19(2)3/h4-6H,7,14H2,1-3H3,(H2,15,16,17,18). The summed E-state index contributed by atoms with van der Waals surface area (Å²) in [7, 11) is 3.67. The largest absolute Gasteiger partial charge is 0.485 e. The Morgan fingerprint density at radius 2 is 1.90 bits per heavy atom. The molecule has 7 heteroatoms. The Bertz CT molecular complexity index is 614. The lowest BCUT2D eigenvalue weighted by atomic mass is 10.2. The third-order valence-corrected chi connectivity index (χ3v) is 2.64. The van der Waals surface area contributed by atoms with Crippen LogP contribution in [0.2, 0.25) is 0 Å². The van der Waals surface area contributed by atoms with Crippen LogP contribution in [0.25, 0.3) is 0 Å². The molecule has 0 saturated heterocycles. The predicted molar refractivity (Wildman–Crippen MR) is 78.5 cm³/mol. The Kier molecular flexibility index (Phi) is 3.88. The van der Waals surface area contributed by atoms with Crippen molar-refractivity contribution in [1.29, 1.82) is 0 Å². The first-order valence-electron chi connectivity index (χ1n) is 6.12. The molecule has 7 nitrogen and oxygen atoms in total. The zero-order chi connectivity index (χ0) is 14.7. The van der Waals surface area contributed by atoms with E-state index in [0.29, 0.717) is 17.5 Å². The maximum atomic E-state index is 5.70. The molecule has 1 aromatic carbocycles. The molecule has 4 N–H and O–H groups in total. The van der Waals surface area contributed by atoms with Crippen molar-refractivity contribution in [3.8, 4) is 5.75 Å². The van der Waals surface area contributed by atoms with E-state index >= 15 is 0 Å². The molecule has 0 atom stereocenters. The van der Waals surface area contributed by atoms with E-state index in [0.717, 1.165) is 11.3 Å². The molecular formula is C13H18N6O. The molecule has 1 aromatic heterocycles. The molecule has 0 spiro atoms. The molecule has 0 aliphatic carbocycles. The lowest BCUT2D eigenvalue weighted by molar-refractivity contribution is 0.294. The lowest BCUT2D eigenvalue weighted by Gasteiger charge is -2.12. The minimum atomic E-state index is 0.177. The van der Waals surface area contributed by atoms with Gasteiger partial charge in [-0.2, -0.15) is 15.0 Å². The first-order valence-corrected chi connectivity index (χ1v) is 6.12. The quantitative estimate of drug-likeness (QED) is 0.801. The van der Waals surface area contributed by atoms with Gasteiger partial charge in [0.15, 0.2) is 5.82 Å². The Balaban J connectivity index is 2.14. The zero-order valence-corrected chi connectivity index (χ0v) is 11.8. The van der Waals surface area contributed by atoms with Crippen LogP contribution in [0.1, 0.15) is 11.4 Å². The van der Waals surface area contributed by atoms with Crippen LogP contribution >= 0.6 is 0 Å². The third kappa shape index (κ3) is 3.25. The van der Waals surface area contributed by atoms with Gasteiger partial charge in [-0.05, 0) is 30.7 Å². The molecule has 0 radical (unpaired) electrons. The van der Waals surface area contributed by atoms with Crippen LogP contribution in [0.5, 0.6) is 5.75 Å². The summed E-state index contributed by atoms with van der Waals surface area (Å²) in [6.45, 7) is 2.15. The smallest absolute Gasteiger partial charge is 0.230 e. The molecule has 20 heavy (non-hydrogen) atoms. The number of ether oxygens (including phenoxy) is 1. The average molecular weight is 274 g/mol. The minimum Gasteiger partial charge on any atom is -0.485 e. The lowest BCUT2D eigenvalue weighted by Crippen LogP contribution is -2.17. The van der Waals surface area contributed by atoms with Gasteiger partial charge in [-0.1, -0.05) is 0 Å². The maximum absolute atomic E-state index is 5.70. The second-order valence-electron chi connectivity index (χ2n) is 4.62. The number of benzene rings is 1. The van der Waals surface area contributed by atoms with E-state index in [9.17, 15) is 0 Å². The van der Waals surface area contributed by atoms with Crippen LogP contribution in [-0.2, 0) is 6.61 Å². The van der Waals surface area contributed by atoms with Crippen LogP contribution in [0, 0.1) is 6.92 Å². The van der Waals surface area contributed by atoms with E-state index < -0.39 is 0 Å². The number of nitrogens with two attached hydrogens (primary N) is 2. The highest BCUT2D eigenvalue weighted by Crippen LogP contribution is 2.21. The summed E-state index contributed by atoms with van der Waals surface area (Å²) in [5, 5.41) is 0. The van der Waals surface area contributed by atoms with Gasteiger partial charge in [0.1, 0.15) is 12.4 Å². The van der Waals surface area contributed by atoms with Gasteiger partial charge in [-0.3, -0.25) is 0 Å². The number of hydrogen-bond donors (Lipinski definition) is 2. The monoisotopic (exact) mass is 274 g/mol. The summed E-state index contributed by atoms with van der Waals surface area (Å²) in [4.78, 5) is 14.1. The zero-order valence-electron chi connectivity index (χ0n) is 11.8. The fraction of sp³-hybridized carbons (Fsp3) is 0.308. The molecule has 0 amide bonds. The predicted octanol–water partition coefficient (Wildman–Crippen LogP) is 0.989. The summed E-state index contributed by atoms with van der Waals surface area (Å²) in [5.74, 6) is 1.91. The van der Waals surface area contributed by atoms with E-state index in [4.69, 9.17) is 16.2 Å². The van der Waals surface area contributed by atoms with E-state index in [2.05, 4.69) is 15.0 Å². The number of nitrogen functional groups attached to an aromatic ring is 2. The Labute approximate surface area is 117 Å². The average Bonchev–Trinajstić information content (AvgIpc) is 2.37. The fourth-order valence-electron chi connectivity index (χ4n) is 1.67. The normalized spacial score (nSPS) is 10.3. The number of aromatic nitrogens is 3. The first kappa shape index (κ1) is 13.9. The van der Waals surface area contributed by atoms with Gasteiger partial charge in [0.25, 0.3) is 0 Å². The van der Waals surface area contributed by atoms with Crippen LogP contribution in [0.4, 0.5) is 17.6 Å².